The Morgan fingerprint density at radius 1 is 1.21 bits per heavy atom. The second kappa shape index (κ2) is 6.05. The zero-order valence-electron chi connectivity index (χ0n) is 9.54. The third-order valence-corrected chi connectivity index (χ3v) is 3.01. The average molecular weight is 197 g/mol. The lowest BCUT2D eigenvalue weighted by atomic mass is 10.1. The number of amides is 1. The molecule has 0 atom stereocenters. The fourth-order valence-corrected chi connectivity index (χ4v) is 2.29. The molecule has 2 nitrogen and oxygen atoms in total. The van der Waals surface area contributed by atoms with Gasteiger partial charge in [-0.1, -0.05) is 39.5 Å². The van der Waals surface area contributed by atoms with E-state index in [0.717, 1.165) is 13.0 Å². The average Bonchev–Trinajstić information content (AvgIpc) is 2.41. The molecule has 0 aromatic carbocycles. The van der Waals surface area contributed by atoms with Gasteiger partial charge in [-0.2, -0.15) is 0 Å². The highest BCUT2D eigenvalue weighted by Crippen LogP contribution is 2.21. The highest BCUT2D eigenvalue weighted by molar-refractivity contribution is 5.47. The molecule has 1 aliphatic rings. The van der Waals surface area contributed by atoms with E-state index in [-0.39, 0.29) is 0 Å². The van der Waals surface area contributed by atoms with Gasteiger partial charge in [0.1, 0.15) is 0 Å². The van der Waals surface area contributed by atoms with Crippen LogP contribution in [0, 0.1) is 5.92 Å². The number of hydrogen-bond acceptors (Lipinski definition) is 1. The Morgan fingerprint density at radius 2 is 1.79 bits per heavy atom. The smallest absolute Gasteiger partial charge is 0.209 e. The standard InChI is InChI=1S/C12H23NO/c1-11(2)9-13(10-14)12-7-5-3-4-6-8-12/h10-12H,3-9H2,1-2H3. The number of carbonyl (C=O) groups excluding carboxylic acids is 1. The number of nitrogens with zero attached hydrogens (tertiary/aromatic N) is 1. The van der Waals surface area contributed by atoms with E-state index in [1.807, 2.05) is 4.90 Å². The van der Waals surface area contributed by atoms with Crippen LogP contribution in [-0.2, 0) is 4.79 Å². The normalized spacial score (nSPS) is 19.4. The van der Waals surface area contributed by atoms with Crippen LogP contribution in [-0.4, -0.2) is 23.9 Å². The van der Waals surface area contributed by atoms with Gasteiger partial charge >= 0.3 is 0 Å². The summed E-state index contributed by atoms with van der Waals surface area (Å²) in [4.78, 5) is 13.0. The Bertz CT molecular complexity index is 160. The van der Waals surface area contributed by atoms with Crippen LogP contribution in [0.2, 0.25) is 0 Å². The molecular formula is C12H23NO. The number of carbonyl (C=O) groups is 1. The second-order valence-corrected chi connectivity index (χ2v) is 4.84. The van der Waals surface area contributed by atoms with Crippen LogP contribution in [0.1, 0.15) is 52.4 Å². The maximum absolute atomic E-state index is 11.0. The molecule has 0 unspecified atom stereocenters. The van der Waals surface area contributed by atoms with Gasteiger partial charge in [-0.05, 0) is 18.8 Å². The SMILES string of the molecule is CC(C)CN(C=O)C1CCCCCC1. The van der Waals surface area contributed by atoms with Crippen molar-refractivity contribution in [1.29, 1.82) is 0 Å². The molecule has 0 saturated heterocycles. The van der Waals surface area contributed by atoms with Gasteiger partial charge in [-0.15, -0.1) is 0 Å². The Balaban J connectivity index is 2.44. The first-order valence-corrected chi connectivity index (χ1v) is 5.95. The van der Waals surface area contributed by atoms with Crippen LogP contribution >= 0.6 is 0 Å². The van der Waals surface area contributed by atoms with Gasteiger partial charge in [0.15, 0.2) is 0 Å². The quantitative estimate of drug-likeness (QED) is 0.501. The van der Waals surface area contributed by atoms with Gasteiger partial charge in [0.2, 0.25) is 6.41 Å². The Morgan fingerprint density at radius 3 is 2.21 bits per heavy atom. The van der Waals surface area contributed by atoms with Crippen molar-refractivity contribution in [2.24, 2.45) is 5.92 Å². The summed E-state index contributed by atoms with van der Waals surface area (Å²) in [5.41, 5.74) is 0. The topological polar surface area (TPSA) is 20.3 Å². The van der Waals surface area contributed by atoms with E-state index >= 15 is 0 Å². The molecule has 1 amide bonds. The van der Waals surface area contributed by atoms with Crippen molar-refractivity contribution < 1.29 is 4.79 Å². The Hall–Kier alpha value is -0.530. The van der Waals surface area contributed by atoms with E-state index in [2.05, 4.69) is 13.8 Å². The molecule has 14 heavy (non-hydrogen) atoms. The van der Waals surface area contributed by atoms with Crippen LogP contribution in [0.4, 0.5) is 0 Å². The highest BCUT2D eigenvalue weighted by Gasteiger charge is 2.18. The molecule has 0 heterocycles. The third kappa shape index (κ3) is 3.69. The lowest BCUT2D eigenvalue weighted by Crippen LogP contribution is -2.36. The van der Waals surface area contributed by atoms with E-state index < -0.39 is 0 Å². The zero-order valence-corrected chi connectivity index (χ0v) is 9.54. The van der Waals surface area contributed by atoms with Crippen molar-refractivity contribution in [3.8, 4) is 0 Å². The summed E-state index contributed by atoms with van der Waals surface area (Å²) in [6, 6.07) is 0.525. The van der Waals surface area contributed by atoms with Gasteiger partial charge in [-0.3, -0.25) is 4.79 Å². The molecule has 0 radical (unpaired) electrons. The van der Waals surface area contributed by atoms with Gasteiger partial charge in [0.25, 0.3) is 0 Å². The van der Waals surface area contributed by atoms with E-state index in [9.17, 15) is 4.79 Å². The molecule has 0 bridgehead atoms. The Kier molecular flexibility index (Phi) is 4.99. The fourth-order valence-electron chi connectivity index (χ4n) is 2.29. The van der Waals surface area contributed by atoms with Crippen LogP contribution < -0.4 is 0 Å². The predicted octanol–water partition coefficient (Wildman–Crippen LogP) is 2.82. The largest absolute Gasteiger partial charge is 0.342 e. The summed E-state index contributed by atoms with van der Waals surface area (Å²) >= 11 is 0. The summed E-state index contributed by atoms with van der Waals surface area (Å²) < 4.78 is 0. The molecule has 0 N–H and O–H groups in total. The van der Waals surface area contributed by atoms with E-state index in [1.54, 1.807) is 0 Å². The summed E-state index contributed by atoms with van der Waals surface area (Å²) in [6.45, 7) is 5.27. The molecule has 82 valence electrons. The van der Waals surface area contributed by atoms with Crippen molar-refractivity contribution in [2.45, 2.75) is 58.4 Å². The third-order valence-electron chi connectivity index (χ3n) is 3.01. The van der Waals surface area contributed by atoms with Gasteiger partial charge in [-0.25, -0.2) is 0 Å². The molecule has 0 aromatic heterocycles. The van der Waals surface area contributed by atoms with Crippen molar-refractivity contribution in [1.82, 2.24) is 4.90 Å². The minimum absolute atomic E-state index is 0.525. The first-order chi connectivity index (χ1) is 6.74. The fraction of sp³-hybridized carbons (Fsp3) is 0.917. The summed E-state index contributed by atoms with van der Waals surface area (Å²) in [7, 11) is 0. The summed E-state index contributed by atoms with van der Waals surface area (Å²) in [6.07, 6.45) is 8.78. The minimum Gasteiger partial charge on any atom is -0.342 e. The zero-order chi connectivity index (χ0) is 10.4. The highest BCUT2D eigenvalue weighted by atomic mass is 16.1. The Labute approximate surface area is 87.7 Å². The van der Waals surface area contributed by atoms with Crippen molar-refractivity contribution in [3.05, 3.63) is 0 Å². The van der Waals surface area contributed by atoms with Gasteiger partial charge in [0, 0.05) is 12.6 Å². The molecular weight excluding hydrogens is 174 g/mol. The maximum Gasteiger partial charge on any atom is 0.209 e. The molecule has 1 fully saturated rings. The molecule has 0 spiro atoms. The van der Waals surface area contributed by atoms with Crippen LogP contribution in [0.5, 0.6) is 0 Å². The van der Waals surface area contributed by atoms with E-state index in [1.165, 1.54) is 38.5 Å². The van der Waals surface area contributed by atoms with Crippen LogP contribution in [0.15, 0.2) is 0 Å². The molecule has 1 rings (SSSR count). The second-order valence-electron chi connectivity index (χ2n) is 4.84. The lowest BCUT2D eigenvalue weighted by molar-refractivity contribution is -0.121. The first-order valence-electron chi connectivity index (χ1n) is 5.95. The summed E-state index contributed by atoms with van der Waals surface area (Å²) in [5, 5.41) is 0. The molecule has 2 heteroatoms. The van der Waals surface area contributed by atoms with Gasteiger partial charge in [0.05, 0.1) is 0 Å². The maximum atomic E-state index is 11.0. The van der Waals surface area contributed by atoms with Crippen molar-refractivity contribution in [3.63, 3.8) is 0 Å². The van der Waals surface area contributed by atoms with Crippen LogP contribution in [0.3, 0.4) is 0 Å². The lowest BCUT2D eigenvalue weighted by Gasteiger charge is -2.28. The van der Waals surface area contributed by atoms with E-state index in [4.69, 9.17) is 0 Å². The summed E-state index contributed by atoms with van der Waals surface area (Å²) in [5.74, 6) is 0.587. The molecule has 1 saturated carbocycles. The van der Waals surface area contributed by atoms with Crippen molar-refractivity contribution >= 4 is 6.41 Å². The minimum atomic E-state index is 0.525. The molecule has 0 aliphatic heterocycles. The first kappa shape index (κ1) is 11.5. The monoisotopic (exact) mass is 197 g/mol. The number of rotatable bonds is 4. The van der Waals surface area contributed by atoms with E-state index in [0.29, 0.717) is 12.0 Å². The number of hydrogen-bond donors (Lipinski definition) is 0. The van der Waals surface area contributed by atoms with Gasteiger partial charge < -0.3 is 4.90 Å². The van der Waals surface area contributed by atoms with Crippen molar-refractivity contribution in [2.75, 3.05) is 6.54 Å². The van der Waals surface area contributed by atoms with Crippen LogP contribution in [0.25, 0.3) is 0 Å². The molecule has 0 aromatic rings. The molecule has 1 aliphatic carbocycles. The predicted molar refractivity (Wildman–Crippen MR) is 59.1 cm³/mol.